The molecular weight excluding hydrogens is 707 g/mol. The van der Waals surface area contributed by atoms with Gasteiger partial charge >= 0.3 is 6.09 Å². The lowest BCUT2D eigenvalue weighted by atomic mass is 9.98. The summed E-state index contributed by atoms with van der Waals surface area (Å²) in [5.41, 5.74) is 4.97. The molecule has 0 radical (unpaired) electrons. The highest BCUT2D eigenvalue weighted by Gasteiger charge is 2.47. The van der Waals surface area contributed by atoms with Crippen molar-refractivity contribution >= 4 is 6.09 Å². The molecule has 5 aromatic rings. The highest BCUT2D eigenvalue weighted by atomic mass is 16.7. The Morgan fingerprint density at radius 1 is 0.554 bits per heavy atom. The van der Waals surface area contributed by atoms with Gasteiger partial charge in [-0.15, -0.1) is 0 Å². The van der Waals surface area contributed by atoms with Gasteiger partial charge in [0, 0.05) is 19.7 Å². The third-order valence-electron chi connectivity index (χ3n) is 9.62. The molecule has 1 fully saturated rings. The predicted octanol–water partition coefficient (Wildman–Crippen LogP) is 8.49. The number of benzene rings is 5. The van der Waals surface area contributed by atoms with Crippen molar-refractivity contribution in [2.24, 2.45) is 0 Å². The summed E-state index contributed by atoms with van der Waals surface area (Å²) in [6.07, 6.45) is -2.17. The number of nitrogens with zero attached hydrogens (tertiary/aromatic N) is 1. The molecular formula is C47H53NO8. The Balaban J connectivity index is 1.07. The molecule has 56 heavy (non-hydrogen) atoms. The average Bonchev–Trinajstić information content (AvgIpc) is 3.25. The second-order valence-corrected chi connectivity index (χ2v) is 13.9. The zero-order valence-electron chi connectivity index (χ0n) is 31.9. The molecule has 9 heteroatoms. The maximum Gasteiger partial charge on any atom is 0.410 e. The van der Waals surface area contributed by atoms with Crippen LogP contribution in [-0.4, -0.2) is 66.6 Å². The van der Waals surface area contributed by atoms with E-state index in [-0.39, 0.29) is 25.9 Å². The molecule has 0 aromatic heterocycles. The number of aliphatic hydroxyl groups is 1. The monoisotopic (exact) mass is 759 g/mol. The lowest BCUT2D eigenvalue weighted by molar-refractivity contribution is -0.320. The van der Waals surface area contributed by atoms with Gasteiger partial charge in [-0.2, -0.15) is 0 Å². The van der Waals surface area contributed by atoms with Crippen LogP contribution in [0.1, 0.15) is 47.1 Å². The lowest BCUT2D eigenvalue weighted by Crippen LogP contribution is -2.61. The molecule has 0 unspecified atom stereocenters. The second kappa shape index (κ2) is 22.6. The van der Waals surface area contributed by atoms with Crippen LogP contribution >= 0.6 is 0 Å². The number of ether oxygens (including phenoxy) is 6. The first-order chi connectivity index (χ1) is 27.6. The molecule has 5 atom stereocenters. The van der Waals surface area contributed by atoms with E-state index in [2.05, 4.69) is 0 Å². The van der Waals surface area contributed by atoms with Crippen molar-refractivity contribution in [1.82, 2.24) is 4.90 Å². The van der Waals surface area contributed by atoms with Crippen molar-refractivity contribution in [3.8, 4) is 0 Å². The zero-order chi connectivity index (χ0) is 38.6. The molecule has 6 rings (SSSR count). The van der Waals surface area contributed by atoms with Crippen LogP contribution in [0.2, 0.25) is 0 Å². The summed E-state index contributed by atoms with van der Waals surface area (Å²) in [7, 11) is 0. The number of amides is 1. The first kappa shape index (κ1) is 40.8. The van der Waals surface area contributed by atoms with Crippen LogP contribution in [-0.2, 0) is 61.4 Å². The van der Waals surface area contributed by atoms with Gasteiger partial charge in [-0.25, -0.2) is 4.79 Å². The Morgan fingerprint density at radius 2 is 1.04 bits per heavy atom. The van der Waals surface area contributed by atoms with Crippen LogP contribution in [0.25, 0.3) is 0 Å². The summed E-state index contributed by atoms with van der Waals surface area (Å²) in [6.45, 7) is 2.72. The molecule has 294 valence electrons. The van der Waals surface area contributed by atoms with Crippen molar-refractivity contribution < 1.29 is 38.3 Å². The summed E-state index contributed by atoms with van der Waals surface area (Å²) >= 11 is 0. The molecule has 1 amide bonds. The molecule has 1 saturated heterocycles. The number of unbranched alkanes of at least 4 members (excludes halogenated alkanes) is 2. The van der Waals surface area contributed by atoms with Crippen molar-refractivity contribution in [3.05, 3.63) is 179 Å². The maximum absolute atomic E-state index is 13.2. The number of rotatable bonds is 21. The van der Waals surface area contributed by atoms with Gasteiger partial charge in [0.2, 0.25) is 0 Å². The predicted molar refractivity (Wildman–Crippen MR) is 214 cm³/mol. The van der Waals surface area contributed by atoms with Gasteiger partial charge in [0.1, 0.15) is 31.0 Å². The number of hydrogen-bond acceptors (Lipinski definition) is 8. The van der Waals surface area contributed by atoms with Crippen LogP contribution in [0.3, 0.4) is 0 Å². The summed E-state index contributed by atoms with van der Waals surface area (Å²) in [5.74, 6) is 0. The van der Waals surface area contributed by atoms with Crippen molar-refractivity contribution in [2.45, 2.75) is 82.9 Å². The Bertz CT molecular complexity index is 1800. The Kier molecular flexibility index (Phi) is 16.5. The molecule has 5 aromatic carbocycles. The van der Waals surface area contributed by atoms with Crippen LogP contribution in [0.5, 0.6) is 0 Å². The largest absolute Gasteiger partial charge is 0.445 e. The van der Waals surface area contributed by atoms with E-state index in [1.165, 1.54) is 0 Å². The highest BCUT2D eigenvalue weighted by molar-refractivity contribution is 5.67. The van der Waals surface area contributed by atoms with E-state index >= 15 is 0 Å². The normalized spacial score (nSPS) is 19.3. The van der Waals surface area contributed by atoms with Gasteiger partial charge in [0.15, 0.2) is 6.29 Å². The van der Waals surface area contributed by atoms with E-state index in [0.717, 1.165) is 40.7 Å². The molecule has 0 saturated carbocycles. The molecule has 1 aliphatic rings. The van der Waals surface area contributed by atoms with Crippen molar-refractivity contribution in [1.29, 1.82) is 0 Å². The summed E-state index contributed by atoms with van der Waals surface area (Å²) < 4.78 is 37.5. The fourth-order valence-corrected chi connectivity index (χ4v) is 6.58. The molecule has 1 aliphatic heterocycles. The molecule has 9 nitrogen and oxygen atoms in total. The topological polar surface area (TPSA) is 95.9 Å². The average molecular weight is 760 g/mol. The standard InChI is InChI=1S/C47H53NO8/c49-43-44(53-33-39-23-11-3-12-24-39)42(36-51-32-38-21-9-2-10-22-38)56-46(45(43)54-34-40-25-13-4-14-26-40)52-30-18-6-17-29-48(31-37-19-7-1-8-20-37)47(50)55-35-41-27-15-5-16-28-41/h1-5,7-16,19-28,42-46,49H,6,17-18,29-36H2/t42-,43+,44+,45-,46-/m1/s1. The van der Waals surface area contributed by atoms with Gasteiger partial charge in [-0.1, -0.05) is 152 Å². The molecule has 0 bridgehead atoms. The second-order valence-electron chi connectivity index (χ2n) is 13.9. The first-order valence-electron chi connectivity index (χ1n) is 19.5. The first-order valence-corrected chi connectivity index (χ1v) is 19.5. The highest BCUT2D eigenvalue weighted by Crippen LogP contribution is 2.29. The lowest BCUT2D eigenvalue weighted by Gasteiger charge is -2.44. The van der Waals surface area contributed by atoms with E-state index in [0.29, 0.717) is 39.3 Å². The van der Waals surface area contributed by atoms with E-state index < -0.39 is 30.7 Å². The minimum atomic E-state index is -1.06. The minimum Gasteiger partial charge on any atom is -0.445 e. The van der Waals surface area contributed by atoms with Crippen molar-refractivity contribution in [3.63, 3.8) is 0 Å². The van der Waals surface area contributed by atoms with Crippen LogP contribution < -0.4 is 0 Å². The fraction of sp³-hybridized carbons (Fsp3) is 0.340. The third-order valence-corrected chi connectivity index (χ3v) is 9.62. The summed E-state index contributed by atoms with van der Waals surface area (Å²) in [5, 5.41) is 11.9. The molecule has 1 heterocycles. The van der Waals surface area contributed by atoms with Crippen LogP contribution in [0.15, 0.2) is 152 Å². The van der Waals surface area contributed by atoms with E-state index in [9.17, 15) is 9.90 Å². The number of carbonyl (C=O) groups is 1. The molecule has 0 spiro atoms. The molecule has 1 N–H and O–H groups in total. The summed E-state index contributed by atoms with van der Waals surface area (Å²) in [6, 6.07) is 49.2. The molecule has 0 aliphatic carbocycles. The third kappa shape index (κ3) is 13.1. The van der Waals surface area contributed by atoms with Crippen molar-refractivity contribution in [2.75, 3.05) is 19.8 Å². The Hall–Kier alpha value is -4.87. The quantitative estimate of drug-likeness (QED) is 0.0745. The van der Waals surface area contributed by atoms with Crippen LogP contribution in [0.4, 0.5) is 4.79 Å². The fourth-order valence-electron chi connectivity index (χ4n) is 6.58. The van der Waals surface area contributed by atoms with Crippen LogP contribution in [0, 0.1) is 0 Å². The number of hydrogen-bond donors (Lipinski definition) is 1. The Labute approximate surface area is 330 Å². The Morgan fingerprint density at radius 3 is 1.59 bits per heavy atom. The van der Waals surface area contributed by atoms with E-state index in [1.807, 2.05) is 152 Å². The smallest absolute Gasteiger partial charge is 0.410 e. The van der Waals surface area contributed by atoms with Gasteiger partial charge in [-0.3, -0.25) is 0 Å². The minimum absolute atomic E-state index is 0.189. The van der Waals surface area contributed by atoms with Gasteiger partial charge < -0.3 is 38.4 Å². The zero-order valence-corrected chi connectivity index (χ0v) is 31.9. The number of carbonyl (C=O) groups excluding carboxylic acids is 1. The summed E-state index contributed by atoms with van der Waals surface area (Å²) in [4.78, 5) is 15.0. The van der Waals surface area contributed by atoms with Gasteiger partial charge in [0.05, 0.1) is 26.4 Å². The SMILES string of the molecule is O=C(OCc1ccccc1)N(CCCCCO[C@@H]1O[C@H](COCc2ccccc2)[C@H](OCc2ccccc2)[C@H](O)[C@H]1OCc1ccccc1)Cc1ccccc1. The maximum atomic E-state index is 13.2. The number of aliphatic hydroxyl groups excluding tert-OH is 1. The van der Waals surface area contributed by atoms with Gasteiger partial charge in [0.25, 0.3) is 0 Å². The van der Waals surface area contributed by atoms with E-state index in [4.69, 9.17) is 28.4 Å². The van der Waals surface area contributed by atoms with E-state index in [1.54, 1.807) is 4.90 Å². The van der Waals surface area contributed by atoms with Gasteiger partial charge in [-0.05, 0) is 47.1 Å².